The predicted molar refractivity (Wildman–Crippen MR) is 48.5 cm³/mol. The smallest absolute Gasteiger partial charge is 0.0638 e. The van der Waals surface area contributed by atoms with Gasteiger partial charge in [0.05, 0.1) is 12.5 Å². The first-order valence-electron chi connectivity index (χ1n) is 4.64. The van der Waals surface area contributed by atoms with Crippen LogP contribution in [0.25, 0.3) is 0 Å². The first kappa shape index (κ1) is 9.50. The van der Waals surface area contributed by atoms with Gasteiger partial charge in [-0.3, -0.25) is 4.90 Å². The van der Waals surface area contributed by atoms with Gasteiger partial charge in [0, 0.05) is 25.2 Å². The van der Waals surface area contributed by atoms with Crippen molar-refractivity contribution in [1.29, 1.82) is 5.26 Å². The Morgan fingerprint density at radius 2 is 2.50 bits per heavy atom. The van der Waals surface area contributed by atoms with E-state index in [9.17, 15) is 0 Å². The van der Waals surface area contributed by atoms with Crippen LogP contribution in [-0.2, 0) is 0 Å². The molecular weight excluding hydrogens is 150 g/mol. The molecule has 0 spiro atoms. The van der Waals surface area contributed by atoms with E-state index in [1.54, 1.807) is 0 Å². The number of rotatable bonds is 3. The van der Waals surface area contributed by atoms with E-state index in [-0.39, 0.29) is 0 Å². The van der Waals surface area contributed by atoms with Gasteiger partial charge in [0.15, 0.2) is 0 Å². The first-order chi connectivity index (χ1) is 5.77. The Hall–Kier alpha value is -0.590. The van der Waals surface area contributed by atoms with E-state index < -0.39 is 0 Å². The Balaban J connectivity index is 2.39. The number of hydrogen-bond donors (Lipinski definition) is 1. The predicted octanol–water partition coefficient (Wildman–Crippen LogP) is 0.712. The van der Waals surface area contributed by atoms with Crippen LogP contribution in [0.4, 0.5) is 0 Å². The normalized spacial score (nSPS) is 26.9. The summed E-state index contributed by atoms with van der Waals surface area (Å²) >= 11 is 0. The second-order valence-electron chi connectivity index (χ2n) is 3.47. The second-order valence-corrected chi connectivity index (χ2v) is 3.47. The standard InChI is InChI=1S/C9H17N3/c1-2-9(3-5-10)12-6-4-8(11)7-12/h8-9H,2-4,6-7,11H2,1H3. The largest absolute Gasteiger partial charge is 0.326 e. The third kappa shape index (κ3) is 2.20. The average Bonchev–Trinajstić information content (AvgIpc) is 2.47. The molecule has 0 bridgehead atoms. The van der Waals surface area contributed by atoms with Crippen LogP contribution in [0, 0.1) is 11.3 Å². The van der Waals surface area contributed by atoms with Crippen LogP contribution in [0.5, 0.6) is 0 Å². The lowest BCUT2D eigenvalue weighted by Gasteiger charge is -2.24. The molecule has 0 aromatic rings. The number of nitrogens with two attached hydrogens (primary N) is 1. The van der Waals surface area contributed by atoms with E-state index in [4.69, 9.17) is 11.0 Å². The van der Waals surface area contributed by atoms with Gasteiger partial charge in [-0.25, -0.2) is 0 Å². The van der Waals surface area contributed by atoms with Crippen molar-refractivity contribution in [3.8, 4) is 6.07 Å². The highest BCUT2D eigenvalue weighted by Gasteiger charge is 2.24. The first-order valence-corrected chi connectivity index (χ1v) is 4.64. The Bertz CT molecular complexity index is 173. The molecule has 1 aliphatic rings. The zero-order valence-electron chi connectivity index (χ0n) is 7.66. The maximum Gasteiger partial charge on any atom is 0.0638 e. The fourth-order valence-electron chi connectivity index (χ4n) is 1.78. The molecule has 12 heavy (non-hydrogen) atoms. The summed E-state index contributed by atoms with van der Waals surface area (Å²) in [5.74, 6) is 0. The van der Waals surface area contributed by atoms with Crippen molar-refractivity contribution in [3.63, 3.8) is 0 Å². The van der Waals surface area contributed by atoms with Crippen LogP contribution in [0.1, 0.15) is 26.2 Å². The minimum atomic E-state index is 0.331. The fraction of sp³-hybridized carbons (Fsp3) is 0.889. The SMILES string of the molecule is CCC(CC#N)N1CCC(N)C1. The van der Waals surface area contributed by atoms with E-state index in [1.165, 1.54) is 0 Å². The molecule has 0 aliphatic carbocycles. The van der Waals surface area contributed by atoms with E-state index in [1.807, 2.05) is 0 Å². The lowest BCUT2D eigenvalue weighted by Crippen LogP contribution is -2.34. The van der Waals surface area contributed by atoms with Gasteiger partial charge in [0.1, 0.15) is 0 Å². The van der Waals surface area contributed by atoms with Crippen LogP contribution in [0.2, 0.25) is 0 Å². The summed E-state index contributed by atoms with van der Waals surface area (Å²) in [6.45, 7) is 4.17. The molecule has 1 rings (SSSR count). The van der Waals surface area contributed by atoms with Gasteiger partial charge in [-0.05, 0) is 12.8 Å². The summed E-state index contributed by atoms with van der Waals surface area (Å²) < 4.78 is 0. The van der Waals surface area contributed by atoms with Crippen LogP contribution in [-0.4, -0.2) is 30.1 Å². The highest BCUT2D eigenvalue weighted by atomic mass is 15.2. The molecule has 68 valence electrons. The van der Waals surface area contributed by atoms with Gasteiger partial charge in [0.2, 0.25) is 0 Å². The Labute approximate surface area is 74.1 Å². The molecule has 1 saturated heterocycles. The average molecular weight is 167 g/mol. The second kappa shape index (κ2) is 4.44. The van der Waals surface area contributed by atoms with Gasteiger partial charge in [-0.2, -0.15) is 5.26 Å². The quantitative estimate of drug-likeness (QED) is 0.673. The van der Waals surface area contributed by atoms with E-state index in [2.05, 4.69) is 17.9 Å². The molecule has 0 aromatic carbocycles. The van der Waals surface area contributed by atoms with Crippen molar-refractivity contribution in [2.45, 2.75) is 38.3 Å². The molecule has 0 saturated carbocycles. The third-order valence-electron chi connectivity index (χ3n) is 2.57. The molecule has 0 amide bonds. The van der Waals surface area contributed by atoms with Gasteiger partial charge in [-0.15, -0.1) is 0 Å². The Morgan fingerprint density at radius 1 is 1.75 bits per heavy atom. The van der Waals surface area contributed by atoms with Gasteiger partial charge >= 0.3 is 0 Å². The topological polar surface area (TPSA) is 53.0 Å². The summed E-state index contributed by atoms with van der Waals surface area (Å²) in [5, 5.41) is 8.59. The van der Waals surface area contributed by atoms with E-state index in [0.29, 0.717) is 18.5 Å². The molecule has 2 unspecified atom stereocenters. The van der Waals surface area contributed by atoms with Gasteiger partial charge < -0.3 is 5.73 Å². The van der Waals surface area contributed by atoms with Crippen molar-refractivity contribution in [1.82, 2.24) is 4.90 Å². The van der Waals surface area contributed by atoms with Crippen LogP contribution < -0.4 is 5.73 Å². The summed E-state index contributed by atoms with van der Waals surface area (Å²) in [4.78, 5) is 2.34. The summed E-state index contributed by atoms with van der Waals surface area (Å²) in [7, 11) is 0. The highest BCUT2D eigenvalue weighted by molar-refractivity contribution is 4.87. The molecular formula is C9H17N3. The number of hydrogen-bond acceptors (Lipinski definition) is 3. The Kier molecular flexibility index (Phi) is 3.51. The molecule has 1 aliphatic heterocycles. The zero-order chi connectivity index (χ0) is 8.97. The molecule has 1 fully saturated rings. The van der Waals surface area contributed by atoms with Crippen molar-refractivity contribution in [2.24, 2.45) is 5.73 Å². The van der Waals surface area contributed by atoms with Crippen LogP contribution in [0.3, 0.4) is 0 Å². The third-order valence-corrected chi connectivity index (χ3v) is 2.57. The van der Waals surface area contributed by atoms with Crippen molar-refractivity contribution in [3.05, 3.63) is 0 Å². The summed E-state index contributed by atoms with van der Waals surface area (Å²) in [5.41, 5.74) is 5.79. The van der Waals surface area contributed by atoms with Gasteiger partial charge in [-0.1, -0.05) is 6.92 Å². The Morgan fingerprint density at radius 3 is 2.92 bits per heavy atom. The molecule has 2 atom stereocenters. The van der Waals surface area contributed by atoms with E-state index in [0.717, 1.165) is 25.9 Å². The van der Waals surface area contributed by atoms with Crippen LogP contribution in [0.15, 0.2) is 0 Å². The monoisotopic (exact) mass is 167 g/mol. The fourth-order valence-corrected chi connectivity index (χ4v) is 1.78. The minimum Gasteiger partial charge on any atom is -0.326 e. The maximum absolute atomic E-state index is 8.59. The van der Waals surface area contributed by atoms with E-state index >= 15 is 0 Å². The molecule has 0 radical (unpaired) electrons. The maximum atomic E-state index is 8.59. The lowest BCUT2D eigenvalue weighted by atomic mass is 10.1. The number of nitriles is 1. The molecule has 0 aromatic heterocycles. The number of nitrogens with zero attached hydrogens (tertiary/aromatic N) is 2. The van der Waals surface area contributed by atoms with Crippen molar-refractivity contribution in [2.75, 3.05) is 13.1 Å². The molecule has 1 heterocycles. The highest BCUT2D eigenvalue weighted by Crippen LogP contribution is 2.15. The molecule has 2 N–H and O–H groups in total. The molecule has 3 nitrogen and oxygen atoms in total. The summed E-state index contributed by atoms with van der Waals surface area (Å²) in [6.07, 6.45) is 2.78. The summed E-state index contributed by atoms with van der Waals surface area (Å²) in [6, 6.07) is 2.99. The minimum absolute atomic E-state index is 0.331. The van der Waals surface area contributed by atoms with Crippen LogP contribution >= 0.6 is 0 Å². The molecule has 3 heteroatoms. The van der Waals surface area contributed by atoms with Crippen molar-refractivity contribution >= 4 is 0 Å². The van der Waals surface area contributed by atoms with Gasteiger partial charge in [0.25, 0.3) is 0 Å². The van der Waals surface area contributed by atoms with Crippen molar-refractivity contribution < 1.29 is 0 Å². The zero-order valence-corrected chi connectivity index (χ0v) is 7.66. The number of likely N-dealkylation sites (tertiary alicyclic amines) is 1. The lowest BCUT2D eigenvalue weighted by molar-refractivity contribution is 0.236.